The number of rotatable bonds is 3. The van der Waals surface area contributed by atoms with Gasteiger partial charge in [0.1, 0.15) is 11.6 Å². The number of likely N-dealkylation sites (tertiary alicyclic amines) is 1. The summed E-state index contributed by atoms with van der Waals surface area (Å²) in [5.41, 5.74) is -0.545. The van der Waals surface area contributed by atoms with Gasteiger partial charge in [0.25, 0.3) is 0 Å². The highest BCUT2D eigenvalue weighted by molar-refractivity contribution is 5.83. The SMILES string of the molecule is CCCOC(=O)C1C2CCC(C2)N1C(=O)OC(C)(C)C. The number of fused-ring (bicyclic) bond motifs is 2. The average Bonchev–Trinajstić information content (AvgIpc) is 2.93. The van der Waals surface area contributed by atoms with Gasteiger partial charge in [-0.1, -0.05) is 6.92 Å². The first-order valence-corrected chi connectivity index (χ1v) is 7.51. The maximum atomic E-state index is 12.3. The van der Waals surface area contributed by atoms with Crippen molar-refractivity contribution in [2.45, 2.75) is 71.1 Å². The van der Waals surface area contributed by atoms with Gasteiger partial charge in [-0.25, -0.2) is 9.59 Å². The van der Waals surface area contributed by atoms with Crippen LogP contribution in [0.1, 0.15) is 53.4 Å². The summed E-state index contributed by atoms with van der Waals surface area (Å²) in [6, 6.07) is -0.316. The molecule has 1 aliphatic heterocycles. The molecule has 0 N–H and O–H groups in total. The summed E-state index contributed by atoms with van der Waals surface area (Å²) in [6.07, 6.45) is 3.25. The number of amides is 1. The lowest BCUT2D eigenvalue weighted by Crippen LogP contribution is -2.51. The molecule has 0 aromatic rings. The molecular formula is C15H25NO4. The summed E-state index contributed by atoms with van der Waals surface area (Å²) >= 11 is 0. The van der Waals surface area contributed by atoms with Crippen LogP contribution in [0, 0.1) is 5.92 Å². The number of ether oxygens (including phenoxy) is 2. The Morgan fingerprint density at radius 2 is 1.95 bits per heavy atom. The minimum absolute atomic E-state index is 0.133. The Kier molecular flexibility index (Phi) is 4.25. The van der Waals surface area contributed by atoms with Crippen molar-refractivity contribution in [2.75, 3.05) is 6.61 Å². The fraction of sp³-hybridized carbons (Fsp3) is 0.867. The van der Waals surface area contributed by atoms with Crippen molar-refractivity contribution in [3.8, 4) is 0 Å². The van der Waals surface area contributed by atoms with Crippen molar-refractivity contribution in [3.05, 3.63) is 0 Å². The van der Waals surface area contributed by atoms with Gasteiger partial charge >= 0.3 is 12.1 Å². The lowest BCUT2D eigenvalue weighted by atomic mass is 9.99. The molecule has 114 valence electrons. The van der Waals surface area contributed by atoms with Crippen LogP contribution in [-0.4, -0.2) is 41.3 Å². The molecule has 1 aliphatic carbocycles. The third-order valence-electron chi connectivity index (χ3n) is 3.88. The van der Waals surface area contributed by atoms with Crippen LogP contribution in [0.4, 0.5) is 4.79 Å². The van der Waals surface area contributed by atoms with E-state index in [0.717, 1.165) is 25.7 Å². The van der Waals surface area contributed by atoms with Crippen molar-refractivity contribution in [3.63, 3.8) is 0 Å². The molecule has 1 saturated heterocycles. The summed E-state index contributed by atoms with van der Waals surface area (Å²) in [4.78, 5) is 26.2. The quantitative estimate of drug-likeness (QED) is 0.747. The van der Waals surface area contributed by atoms with E-state index in [2.05, 4.69) is 0 Å². The molecule has 0 aromatic carbocycles. The summed E-state index contributed by atoms with van der Waals surface area (Å²) < 4.78 is 10.7. The van der Waals surface area contributed by atoms with Crippen molar-refractivity contribution < 1.29 is 19.1 Å². The van der Waals surface area contributed by atoms with E-state index >= 15 is 0 Å². The molecule has 20 heavy (non-hydrogen) atoms. The number of hydrogen-bond acceptors (Lipinski definition) is 4. The first kappa shape index (κ1) is 15.1. The Balaban J connectivity index is 2.08. The lowest BCUT2D eigenvalue weighted by Gasteiger charge is -2.35. The first-order valence-electron chi connectivity index (χ1n) is 7.51. The smallest absolute Gasteiger partial charge is 0.411 e. The number of hydrogen-bond donors (Lipinski definition) is 0. The van der Waals surface area contributed by atoms with Gasteiger partial charge in [-0.05, 0) is 52.4 Å². The maximum Gasteiger partial charge on any atom is 0.411 e. The molecule has 3 atom stereocenters. The van der Waals surface area contributed by atoms with E-state index in [1.165, 1.54) is 0 Å². The van der Waals surface area contributed by atoms with Crippen molar-refractivity contribution in [2.24, 2.45) is 5.92 Å². The lowest BCUT2D eigenvalue weighted by molar-refractivity contribution is -0.151. The molecule has 1 amide bonds. The molecule has 2 rings (SSSR count). The standard InChI is InChI=1S/C15H25NO4/c1-5-8-19-13(17)12-10-6-7-11(9-10)16(12)14(18)20-15(2,3)4/h10-12H,5-9H2,1-4H3. The van der Waals surface area contributed by atoms with E-state index in [4.69, 9.17) is 9.47 Å². The van der Waals surface area contributed by atoms with Gasteiger partial charge in [0, 0.05) is 6.04 Å². The van der Waals surface area contributed by atoms with Crippen molar-refractivity contribution in [1.29, 1.82) is 0 Å². The van der Waals surface area contributed by atoms with Gasteiger partial charge in [0.15, 0.2) is 0 Å². The van der Waals surface area contributed by atoms with Crippen LogP contribution >= 0.6 is 0 Å². The van der Waals surface area contributed by atoms with E-state index < -0.39 is 11.6 Å². The molecule has 0 aromatic heterocycles. The minimum Gasteiger partial charge on any atom is -0.464 e. The molecule has 2 bridgehead atoms. The zero-order chi connectivity index (χ0) is 14.9. The third-order valence-corrected chi connectivity index (χ3v) is 3.88. The highest BCUT2D eigenvalue weighted by Crippen LogP contribution is 2.43. The van der Waals surface area contributed by atoms with Crippen LogP contribution in [0.5, 0.6) is 0 Å². The Hall–Kier alpha value is -1.26. The van der Waals surface area contributed by atoms with E-state index in [0.29, 0.717) is 6.61 Å². The van der Waals surface area contributed by atoms with Gasteiger partial charge in [0.2, 0.25) is 0 Å². The number of esters is 1. The van der Waals surface area contributed by atoms with Gasteiger partial charge in [-0.3, -0.25) is 4.90 Å². The zero-order valence-electron chi connectivity index (χ0n) is 12.8. The molecule has 1 saturated carbocycles. The van der Waals surface area contributed by atoms with Crippen LogP contribution in [0.15, 0.2) is 0 Å². The third kappa shape index (κ3) is 3.07. The van der Waals surface area contributed by atoms with E-state index in [-0.39, 0.29) is 24.0 Å². The van der Waals surface area contributed by atoms with Gasteiger partial charge in [-0.15, -0.1) is 0 Å². The monoisotopic (exact) mass is 283 g/mol. The van der Waals surface area contributed by atoms with Crippen molar-refractivity contribution in [1.82, 2.24) is 4.90 Å². The van der Waals surface area contributed by atoms with E-state index in [1.807, 2.05) is 27.7 Å². The average molecular weight is 283 g/mol. The summed E-state index contributed by atoms with van der Waals surface area (Å²) in [5.74, 6) is -0.0400. The topological polar surface area (TPSA) is 55.8 Å². The van der Waals surface area contributed by atoms with Crippen molar-refractivity contribution >= 4 is 12.1 Å². The van der Waals surface area contributed by atoms with Crippen LogP contribution in [0.2, 0.25) is 0 Å². The predicted molar refractivity (Wildman–Crippen MR) is 74.2 cm³/mol. The molecule has 0 radical (unpaired) electrons. The van der Waals surface area contributed by atoms with Crippen LogP contribution in [0.25, 0.3) is 0 Å². The van der Waals surface area contributed by atoms with Gasteiger partial charge in [0.05, 0.1) is 6.61 Å². The maximum absolute atomic E-state index is 12.3. The number of piperidine rings is 1. The Labute approximate surface area is 120 Å². The second-order valence-electron chi connectivity index (χ2n) is 6.73. The number of carbonyl (C=O) groups excluding carboxylic acids is 2. The fourth-order valence-corrected chi connectivity index (χ4v) is 3.16. The Morgan fingerprint density at radius 3 is 2.55 bits per heavy atom. The number of carbonyl (C=O) groups is 2. The molecule has 5 heteroatoms. The number of nitrogens with zero attached hydrogens (tertiary/aromatic N) is 1. The second kappa shape index (κ2) is 5.62. The molecule has 1 heterocycles. The second-order valence-corrected chi connectivity index (χ2v) is 6.73. The van der Waals surface area contributed by atoms with Gasteiger partial charge < -0.3 is 9.47 Å². The zero-order valence-corrected chi connectivity index (χ0v) is 12.8. The fourth-order valence-electron chi connectivity index (χ4n) is 3.16. The Bertz CT molecular complexity index is 388. The molecule has 3 unspecified atom stereocenters. The molecule has 5 nitrogen and oxygen atoms in total. The molecule has 2 fully saturated rings. The highest BCUT2D eigenvalue weighted by atomic mass is 16.6. The summed E-state index contributed by atoms with van der Waals surface area (Å²) in [7, 11) is 0. The highest BCUT2D eigenvalue weighted by Gasteiger charge is 2.53. The van der Waals surface area contributed by atoms with Gasteiger partial charge in [-0.2, -0.15) is 0 Å². The van der Waals surface area contributed by atoms with E-state index in [9.17, 15) is 9.59 Å². The van der Waals surface area contributed by atoms with Crippen LogP contribution in [0.3, 0.4) is 0 Å². The summed E-state index contributed by atoms with van der Waals surface area (Å²) in [5, 5.41) is 0. The van der Waals surface area contributed by atoms with E-state index in [1.54, 1.807) is 4.90 Å². The largest absolute Gasteiger partial charge is 0.464 e. The normalized spacial score (nSPS) is 28.6. The molecule has 0 spiro atoms. The Morgan fingerprint density at radius 1 is 1.25 bits per heavy atom. The predicted octanol–water partition coefficient (Wildman–Crippen LogP) is 2.73. The molecular weight excluding hydrogens is 258 g/mol. The first-order chi connectivity index (χ1) is 9.33. The molecule has 2 aliphatic rings. The minimum atomic E-state index is -0.545. The summed E-state index contributed by atoms with van der Waals surface area (Å²) in [6.45, 7) is 7.88. The van der Waals surface area contributed by atoms with Crippen LogP contribution < -0.4 is 0 Å². The van der Waals surface area contributed by atoms with Crippen LogP contribution in [-0.2, 0) is 14.3 Å².